The molecule has 0 saturated heterocycles. The minimum absolute atomic E-state index is 0.0344. The molecule has 0 unspecified atom stereocenters. The van der Waals surface area contributed by atoms with E-state index in [0.29, 0.717) is 27.2 Å². The van der Waals surface area contributed by atoms with Crippen molar-refractivity contribution >= 4 is 61.5 Å². The quantitative estimate of drug-likeness (QED) is 0.259. The summed E-state index contributed by atoms with van der Waals surface area (Å²) in [6.45, 7) is 0. The van der Waals surface area contributed by atoms with E-state index in [9.17, 15) is 4.79 Å². The van der Waals surface area contributed by atoms with Gasteiger partial charge in [-0.2, -0.15) is 0 Å². The Morgan fingerprint density at radius 2 is 1.61 bits per heavy atom. The average Bonchev–Trinajstić information content (AvgIpc) is 3.27. The molecule has 0 aliphatic rings. The van der Waals surface area contributed by atoms with Gasteiger partial charge in [0.25, 0.3) is 5.91 Å². The van der Waals surface area contributed by atoms with Crippen molar-refractivity contribution in [2.45, 2.75) is 0 Å². The number of carbonyl (C=O) groups is 1. The van der Waals surface area contributed by atoms with Gasteiger partial charge in [0.05, 0.1) is 15.7 Å². The van der Waals surface area contributed by atoms with Crippen LogP contribution in [-0.4, -0.2) is 20.7 Å². The van der Waals surface area contributed by atoms with Crippen molar-refractivity contribution in [3.8, 4) is 17.1 Å². The van der Waals surface area contributed by atoms with Crippen LogP contribution in [0.15, 0.2) is 89.4 Å². The van der Waals surface area contributed by atoms with Crippen LogP contribution in [0.5, 0.6) is 0 Å². The number of benzene rings is 4. The molecule has 0 spiro atoms. The van der Waals surface area contributed by atoms with Gasteiger partial charge in [0.1, 0.15) is 0 Å². The molecule has 0 bridgehead atoms. The Labute approximate surface area is 208 Å². The Bertz CT molecular complexity index is 1500. The van der Waals surface area contributed by atoms with E-state index in [-0.39, 0.29) is 5.82 Å². The first-order valence-electron chi connectivity index (χ1n) is 9.96. The van der Waals surface area contributed by atoms with Crippen LogP contribution in [0, 0.1) is 0 Å². The molecule has 5 rings (SSSR count). The van der Waals surface area contributed by atoms with E-state index in [1.165, 1.54) is 0 Å². The summed E-state index contributed by atoms with van der Waals surface area (Å²) in [6.07, 6.45) is 0. The van der Waals surface area contributed by atoms with E-state index in [1.54, 1.807) is 22.9 Å². The molecular weight excluding hydrogens is 523 g/mol. The Kier molecular flexibility index (Phi) is 5.89. The number of anilines is 1. The van der Waals surface area contributed by atoms with Crippen molar-refractivity contribution in [2.75, 3.05) is 5.32 Å². The van der Waals surface area contributed by atoms with Crippen LogP contribution in [-0.2, 0) is 0 Å². The second kappa shape index (κ2) is 8.98. The second-order valence-electron chi connectivity index (χ2n) is 7.29. The highest BCUT2D eigenvalue weighted by atomic mass is 79.9. The van der Waals surface area contributed by atoms with E-state index < -0.39 is 5.91 Å². The summed E-state index contributed by atoms with van der Waals surface area (Å²) in [5.41, 5.74) is 2.09. The maximum absolute atomic E-state index is 13.0. The van der Waals surface area contributed by atoms with E-state index in [1.807, 2.05) is 66.7 Å². The minimum atomic E-state index is -0.414. The number of hydrogen-bond acceptors (Lipinski definition) is 3. The van der Waals surface area contributed by atoms with Gasteiger partial charge in [0, 0.05) is 15.7 Å². The van der Waals surface area contributed by atoms with Crippen LogP contribution in [0.3, 0.4) is 0 Å². The molecular formula is C25H15BrCl2N4O. The van der Waals surface area contributed by atoms with Crippen LogP contribution in [0.2, 0.25) is 10.0 Å². The zero-order valence-corrected chi connectivity index (χ0v) is 20.1. The third-order valence-electron chi connectivity index (χ3n) is 5.07. The van der Waals surface area contributed by atoms with Gasteiger partial charge in [0.2, 0.25) is 5.82 Å². The van der Waals surface area contributed by atoms with E-state index >= 15 is 0 Å². The number of aromatic nitrogens is 3. The maximum Gasteiger partial charge on any atom is 0.295 e. The van der Waals surface area contributed by atoms with E-state index in [4.69, 9.17) is 23.2 Å². The van der Waals surface area contributed by atoms with E-state index in [2.05, 4.69) is 31.3 Å². The molecule has 162 valence electrons. The normalized spacial score (nSPS) is 11.0. The fourth-order valence-electron chi connectivity index (χ4n) is 3.44. The van der Waals surface area contributed by atoms with Crippen molar-refractivity contribution in [1.29, 1.82) is 0 Å². The highest BCUT2D eigenvalue weighted by Gasteiger charge is 2.19. The van der Waals surface area contributed by atoms with Crippen molar-refractivity contribution in [3.63, 3.8) is 0 Å². The first kappa shape index (κ1) is 21.6. The molecule has 5 nitrogen and oxygen atoms in total. The lowest BCUT2D eigenvalue weighted by atomic mass is 10.1. The van der Waals surface area contributed by atoms with Crippen molar-refractivity contribution in [2.24, 2.45) is 0 Å². The molecule has 8 heteroatoms. The van der Waals surface area contributed by atoms with Crippen LogP contribution in [0.4, 0.5) is 5.69 Å². The summed E-state index contributed by atoms with van der Waals surface area (Å²) in [7, 11) is 0. The number of rotatable bonds is 4. The molecule has 33 heavy (non-hydrogen) atoms. The summed E-state index contributed by atoms with van der Waals surface area (Å²) in [5.74, 6) is 0.124. The lowest BCUT2D eigenvalue weighted by Gasteiger charge is -2.07. The average molecular weight is 538 g/mol. The molecule has 1 N–H and O–H groups in total. The van der Waals surface area contributed by atoms with Gasteiger partial charge >= 0.3 is 0 Å². The molecule has 4 aromatic carbocycles. The van der Waals surface area contributed by atoms with Gasteiger partial charge in [-0.3, -0.25) is 4.79 Å². The van der Waals surface area contributed by atoms with E-state index in [0.717, 1.165) is 20.8 Å². The number of hydrogen-bond donors (Lipinski definition) is 1. The zero-order chi connectivity index (χ0) is 22.9. The molecule has 0 fully saturated rings. The number of nitrogens with one attached hydrogen (secondary N) is 1. The van der Waals surface area contributed by atoms with Crippen molar-refractivity contribution in [1.82, 2.24) is 14.8 Å². The summed E-state index contributed by atoms with van der Waals surface area (Å²) in [6, 6.07) is 26.4. The number of amides is 1. The van der Waals surface area contributed by atoms with Crippen LogP contribution in [0.25, 0.3) is 27.8 Å². The summed E-state index contributed by atoms with van der Waals surface area (Å²) < 4.78 is 2.52. The predicted octanol–water partition coefficient (Wildman–Crippen LogP) is 7.41. The molecule has 1 aromatic heterocycles. The number of nitrogens with zero attached hydrogens (tertiary/aromatic N) is 3. The Morgan fingerprint density at radius 3 is 2.36 bits per heavy atom. The molecule has 0 atom stereocenters. The van der Waals surface area contributed by atoms with Crippen molar-refractivity contribution < 1.29 is 4.79 Å². The maximum atomic E-state index is 13.0. The van der Waals surface area contributed by atoms with Crippen molar-refractivity contribution in [3.05, 3.63) is 105 Å². The Morgan fingerprint density at radius 1 is 0.848 bits per heavy atom. The standard InChI is InChI=1S/C25H15BrCl2N4O/c26-18-8-5-16(6-9-18)24-30-23(31-32(24)20-11-12-21(27)22(28)14-20)25(33)29-19-10-7-15-3-1-2-4-17(15)13-19/h1-14H,(H,29,33). The fourth-order valence-corrected chi connectivity index (χ4v) is 4.00. The SMILES string of the molecule is O=C(Nc1ccc2ccccc2c1)c1nc(-c2ccc(Br)cc2)n(-c2ccc(Cl)c(Cl)c2)n1. The van der Waals surface area contributed by atoms with Gasteiger partial charge < -0.3 is 5.32 Å². The zero-order valence-electron chi connectivity index (χ0n) is 17.0. The first-order chi connectivity index (χ1) is 16.0. The molecule has 0 aliphatic carbocycles. The second-order valence-corrected chi connectivity index (χ2v) is 9.02. The molecule has 0 aliphatic heterocycles. The monoisotopic (exact) mass is 536 g/mol. The number of carbonyl (C=O) groups excluding carboxylic acids is 1. The summed E-state index contributed by atoms with van der Waals surface area (Å²) in [5, 5.41) is 10.3. The highest BCUT2D eigenvalue weighted by Crippen LogP contribution is 2.28. The Balaban J connectivity index is 1.54. The molecule has 1 heterocycles. The third kappa shape index (κ3) is 4.50. The molecule has 5 aromatic rings. The highest BCUT2D eigenvalue weighted by molar-refractivity contribution is 9.10. The Hall–Kier alpha value is -3.19. The summed E-state index contributed by atoms with van der Waals surface area (Å²) >= 11 is 15.8. The number of halogens is 3. The van der Waals surface area contributed by atoms with Gasteiger partial charge in [0.15, 0.2) is 5.82 Å². The molecule has 0 saturated carbocycles. The summed E-state index contributed by atoms with van der Waals surface area (Å²) in [4.78, 5) is 17.6. The molecule has 1 amide bonds. The van der Waals surface area contributed by atoms with Gasteiger partial charge in [-0.15, -0.1) is 5.10 Å². The minimum Gasteiger partial charge on any atom is -0.319 e. The molecule has 0 radical (unpaired) electrons. The smallest absolute Gasteiger partial charge is 0.295 e. The predicted molar refractivity (Wildman–Crippen MR) is 136 cm³/mol. The lowest BCUT2D eigenvalue weighted by Crippen LogP contribution is -2.14. The van der Waals surface area contributed by atoms with Gasteiger partial charge in [-0.25, -0.2) is 9.67 Å². The third-order valence-corrected chi connectivity index (χ3v) is 6.34. The lowest BCUT2D eigenvalue weighted by molar-refractivity contribution is 0.101. The fraction of sp³-hybridized carbons (Fsp3) is 0. The largest absolute Gasteiger partial charge is 0.319 e. The van der Waals surface area contributed by atoms with Crippen LogP contribution >= 0.6 is 39.1 Å². The van der Waals surface area contributed by atoms with Gasteiger partial charge in [-0.1, -0.05) is 81.6 Å². The van der Waals surface area contributed by atoms with Crippen LogP contribution in [0.1, 0.15) is 10.6 Å². The number of fused-ring (bicyclic) bond motifs is 1. The topological polar surface area (TPSA) is 59.8 Å². The van der Waals surface area contributed by atoms with Crippen LogP contribution < -0.4 is 5.32 Å². The first-order valence-corrected chi connectivity index (χ1v) is 11.5. The van der Waals surface area contributed by atoms with Gasteiger partial charge in [-0.05, 0) is 53.2 Å².